The largest absolute Gasteiger partial charge is 0.376 e. The van der Waals surface area contributed by atoms with Crippen molar-refractivity contribution in [3.05, 3.63) is 64.7 Å². The SMILES string of the molecule is Cc1ccc(C(=O)NC(=NCC2CCCO2)Nc2ccccc2C)cc1C. The molecule has 1 aliphatic heterocycles. The van der Waals surface area contributed by atoms with Crippen LogP contribution in [-0.4, -0.2) is 31.1 Å². The van der Waals surface area contributed by atoms with Crippen molar-refractivity contribution in [3.63, 3.8) is 0 Å². The maximum absolute atomic E-state index is 12.7. The molecule has 142 valence electrons. The Kier molecular flexibility index (Phi) is 6.24. The summed E-state index contributed by atoms with van der Waals surface area (Å²) in [7, 11) is 0. The smallest absolute Gasteiger partial charge is 0.257 e. The topological polar surface area (TPSA) is 62.7 Å². The minimum absolute atomic E-state index is 0.122. The number of carbonyl (C=O) groups is 1. The van der Waals surface area contributed by atoms with Crippen molar-refractivity contribution in [3.8, 4) is 0 Å². The summed E-state index contributed by atoms with van der Waals surface area (Å²) in [6, 6.07) is 13.6. The fraction of sp³-hybridized carbons (Fsp3) is 0.364. The Morgan fingerprint density at radius 2 is 1.93 bits per heavy atom. The van der Waals surface area contributed by atoms with Crippen molar-refractivity contribution < 1.29 is 9.53 Å². The van der Waals surface area contributed by atoms with Crippen LogP contribution in [0.15, 0.2) is 47.5 Å². The fourth-order valence-corrected chi connectivity index (χ4v) is 2.99. The number of hydrogen-bond acceptors (Lipinski definition) is 3. The average Bonchev–Trinajstić information content (AvgIpc) is 3.17. The van der Waals surface area contributed by atoms with Gasteiger partial charge < -0.3 is 10.1 Å². The molecule has 1 amide bonds. The highest BCUT2D eigenvalue weighted by atomic mass is 16.5. The zero-order valence-corrected chi connectivity index (χ0v) is 16.2. The molecule has 5 heteroatoms. The van der Waals surface area contributed by atoms with Crippen LogP contribution in [0.5, 0.6) is 0 Å². The number of aryl methyl sites for hydroxylation is 3. The average molecular weight is 365 g/mol. The Morgan fingerprint density at radius 3 is 2.63 bits per heavy atom. The van der Waals surface area contributed by atoms with Crippen molar-refractivity contribution in [2.45, 2.75) is 39.7 Å². The highest BCUT2D eigenvalue weighted by molar-refractivity contribution is 6.10. The predicted octanol–water partition coefficient (Wildman–Crippen LogP) is 3.99. The van der Waals surface area contributed by atoms with E-state index in [1.165, 1.54) is 0 Å². The number of benzene rings is 2. The van der Waals surface area contributed by atoms with E-state index in [1.54, 1.807) is 0 Å². The van der Waals surface area contributed by atoms with Crippen LogP contribution in [0, 0.1) is 20.8 Å². The highest BCUT2D eigenvalue weighted by Crippen LogP contribution is 2.15. The van der Waals surface area contributed by atoms with Crippen LogP contribution in [-0.2, 0) is 4.74 Å². The van der Waals surface area contributed by atoms with E-state index in [4.69, 9.17) is 4.74 Å². The van der Waals surface area contributed by atoms with E-state index in [0.717, 1.165) is 41.8 Å². The lowest BCUT2D eigenvalue weighted by Gasteiger charge is -2.15. The van der Waals surface area contributed by atoms with Crippen LogP contribution in [0.1, 0.15) is 39.9 Å². The van der Waals surface area contributed by atoms with Crippen molar-refractivity contribution in [2.75, 3.05) is 18.5 Å². The van der Waals surface area contributed by atoms with Crippen LogP contribution < -0.4 is 10.6 Å². The maximum atomic E-state index is 12.7. The number of aliphatic imine (C=N–C) groups is 1. The number of carbonyl (C=O) groups excluding carboxylic acids is 1. The van der Waals surface area contributed by atoms with Crippen molar-refractivity contribution in [2.24, 2.45) is 4.99 Å². The lowest BCUT2D eigenvalue weighted by atomic mass is 10.1. The first-order valence-corrected chi connectivity index (χ1v) is 9.40. The van der Waals surface area contributed by atoms with Gasteiger partial charge >= 0.3 is 0 Å². The van der Waals surface area contributed by atoms with Gasteiger partial charge in [0.1, 0.15) is 0 Å². The summed E-state index contributed by atoms with van der Waals surface area (Å²) < 4.78 is 5.65. The van der Waals surface area contributed by atoms with Gasteiger partial charge in [-0.2, -0.15) is 0 Å². The molecule has 1 saturated heterocycles. The third-order valence-corrected chi connectivity index (χ3v) is 4.88. The number of hydrogen-bond donors (Lipinski definition) is 2. The Hall–Kier alpha value is -2.66. The van der Waals surface area contributed by atoms with Gasteiger partial charge in [0.2, 0.25) is 5.96 Å². The summed E-state index contributed by atoms with van der Waals surface area (Å²) in [5.74, 6) is 0.272. The van der Waals surface area contributed by atoms with Gasteiger partial charge in [-0.3, -0.25) is 10.1 Å². The number of ether oxygens (including phenoxy) is 1. The summed E-state index contributed by atoms with van der Waals surface area (Å²) in [6.07, 6.45) is 2.19. The molecule has 1 aliphatic rings. The van der Waals surface area contributed by atoms with E-state index in [1.807, 2.05) is 63.2 Å². The van der Waals surface area contributed by atoms with Crippen molar-refractivity contribution in [1.82, 2.24) is 5.32 Å². The van der Waals surface area contributed by atoms with E-state index in [-0.39, 0.29) is 12.0 Å². The maximum Gasteiger partial charge on any atom is 0.257 e. The first kappa shape index (κ1) is 19.1. The van der Waals surface area contributed by atoms with Crippen LogP contribution >= 0.6 is 0 Å². The molecule has 0 aromatic heterocycles. The van der Waals surface area contributed by atoms with Gasteiger partial charge in [-0.05, 0) is 68.5 Å². The predicted molar refractivity (Wildman–Crippen MR) is 109 cm³/mol. The minimum atomic E-state index is -0.176. The Labute approximate surface area is 160 Å². The van der Waals surface area contributed by atoms with Gasteiger partial charge in [-0.1, -0.05) is 24.3 Å². The molecule has 0 bridgehead atoms. The molecule has 2 aromatic carbocycles. The van der Waals surface area contributed by atoms with E-state index >= 15 is 0 Å². The monoisotopic (exact) mass is 365 g/mol. The van der Waals surface area contributed by atoms with Crippen LogP contribution in [0.4, 0.5) is 5.69 Å². The number of rotatable bonds is 4. The van der Waals surface area contributed by atoms with Gasteiger partial charge in [0.25, 0.3) is 5.91 Å². The fourth-order valence-electron chi connectivity index (χ4n) is 2.99. The first-order chi connectivity index (χ1) is 13.0. The molecule has 1 fully saturated rings. The van der Waals surface area contributed by atoms with Gasteiger partial charge in [0.05, 0.1) is 12.6 Å². The molecule has 0 aliphatic carbocycles. The van der Waals surface area contributed by atoms with E-state index in [9.17, 15) is 4.79 Å². The second-order valence-corrected chi connectivity index (χ2v) is 7.02. The molecule has 3 rings (SSSR count). The molecule has 0 spiro atoms. The number of anilines is 1. The molecule has 27 heavy (non-hydrogen) atoms. The number of para-hydroxylation sites is 1. The third-order valence-electron chi connectivity index (χ3n) is 4.88. The van der Waals surface area contributed by atoms with Gasteiger partial charge in [-0.25, -0.2) is 4.99 Å². The van der Waals surface area contributed by atoms with E-state index < -0.39 is 0 Å². The second-order valence-electron chi connectivity index (χ2n) is 7.02. The van der Waals surface area contributed by atoms with Crippen molar-refractivity contribution in [1.29, 1.82) is 0 Å². The lowest BCUT2D eigenvalue weighted by Crippen LogP contribution is -2.37. The minimum Gasteiger partial charge on any atom is -0.376 e. The van der Waals surface area contributed by atoms with E-state index in [2.05, 4.69) is 15.6 Å². The number of amides is 1. The molecular formula is C22H27N3O2. The molecule has 0 radical (unpaired) electrons. The number of guanidine groups is 1. The number of nitrogens with one attached hydrogen (secondary N) is 2. The molecule has 2 N–H and O–H groups in total. The summed E-state index contributed by atoms with van der Waals surface area (Å²) >= 11 is 0. The van der Waals surface area contributed by atoms with Gasteiger partial charge in [0, 0.05) is 17.9 Å². The quantitative estimate of drug-likeness (QED) is 0.636. The molecule has 0 saturated carbocycles. The van der Waals surface area contributed by atoms with E-state index in [0.29, 0.717) is 18.1 Å². The molecule has 5 nitrogen and oxygen atoms in total. The zero-order chi connectivity index (χ0) is 19.2. The third kappa shape index (κ3) is 5.17. The highest BCUT2D eigenvalue weighted by Gasteiger charge is 2.16. The first-order valence-electron chi connectivity index (χ1n) is 9.40. The normalized spacial score (nSPS) is 17.0. The Morgan fingerprint density at radius 1 is 1.11 bits per heavy atom. The molecule has 1 unspecified atom stereocenters. The summed E-state index contributed by atoms with van der Waals surface area (Å²) in [5, 5.41) is 6.18. The second kappa shape index (κ2) is 8.82. The summed E-state index contributed by atoms with van der Waals surface area (Å²) in [6.45, 7) is 7.37. The lowest BCUT2D eigenvalue weighted by molar-refractivity contribution is 0.0975. The van der Waals surface area contributed by atoms with Crippen molar-refractivity contribution >= 4 is 17.6 Å². The Bertz CT molecular complexity index is 839. The zero-order valence-electron chi connectivity index (χ0n) is 16.2. The van der Waals surface area contributed by atoms with Gasteiger partial charge in [0.15, 0.2) is 0 Å². The molecule has 1 heterocycles. The molecule has 2 aromatic rings. The molecular weight excluding hydrogens is 338 g/mol. The summed E-state index contributed by atoms with van der Waals surface area (Å²) in [5.41, 5.74) is 4.88. The van der Waals surface area contributed by atoms with Crippen LogP contribution in [0.25, 0.3) is 0 Å². The molecule has 1 atom stereocenters. The standard InChI is InChI=1S/C22H27N3O2/c1-15-10-11-18(13-17(15)3)21(26)25-22(23-14-19-8-6-12-27-19)24-20-9-5-4-7-16(20)2/h4-5,7,9-11,13,19H,6,8,12,14H2,1-3H3,(H2,23,24,25,26). The van der Waals surface area contributed by atoms with Crippen LogP contribution in [0.3, 0.4) is 0 Å². The summed E-state index contributed by atoms with van der Waals surface area (Å²) in [4.78, 5) is 17.3. The number of nitrogens with zero attached hydrogens (tertiary/aromatic N) is 1. The van der Waals surface area contributed by atoms with Crippen LogP contribution in [0.2, 0.25) is 0 Å². The Balaban J connectivity index is 1.77. The van der Waals surface area contributed by atoms with Gasteiger partial charge in [-0.15, -0.1) is 0 Å².